The second-order valence-electron chi connectivity index (χ2n) is 12.0. The Labute approximate surface area is 252 Å². The summed E-state index contributed by atoms with van der Waals surface area (Å²) < 4.78 is 16.0. The molecule has 0 radical (unpaired) electrons. The van der Waals surface area contributed by atoms with E-state index in [1.54, 1.807) is 12.1 Å². The van der Waals surface area contributed by atoms with E-state index in [9.17, 15) is 0 Å². The molecule has 4 aliphatic heterocycles. The summed E-state index contributed by atoms with van der Waals surface area (Å²) >= 11 is 1.83. The highest BCUT2D eigenvalue weighted by Crippen LogP contribution is 2.53. The van der Waals surface area contributed by atoms with Gasteiger partial charge in [0.15, 0.2) is 0 Å². The number of fused-ring (bicyclic) bond motifs is 8. The maximum absolute atomic E-state index is 16.0. The van der Waals surface area contributed by atoms with Crippen molar-refractivity contribution in [1.29, 1.82) is 0 Å². The summed E-state index contributed by atoms with van der Waals surface area (Å²) in [6.07, 6.45) is 2.43. The summed E-state index contributed by atoms with van der Waals surface area (Å²) in [7, 11) is -2.06. The number of para-hydroxylation sites is 4. The van der Waals surface area contributed by atoms with Crippen molar-refractivity contribution in [3.8, 4) is 0 Å². The van der Waals surface area contributed by atoms with E-state index in [2.05, 4.69) is 109 Å². The molecule has 6 heteroatoms. The molecular formula is C36H30BFN2SSi. The summed E-state index contributed by atoms with van der Waals surface area (Å²) in [6.45, 7) is 4.77. The van der Waals surface area contributed by atoms with E-state index in [1.165, 1.54) is 78.5 Å². The van der Waals surface area contributed by atoms with Gasteiger partial charge in [-0.25, -0.2) is 4.39 Å². The van der Waals surface area contributed by atoms with Gasteiger partial charge >= 0.3 is 0 Å². The van der Waals surface area contributed by atoms with Gasteiger partial charge in [0.2, 0.25) is 0 Å². The molecule has 1 atom stereocenters. The quantitative estimate of drug-likeness (QED) is 0.206. The number of hydrogen-bond acceptors (Lipinski definition) is 3. The van der Waals surface area contributed by atoms with E-state index in [4.69, 9.17) is 0 Å². The van der Waals surface area contributed by atoms with Gasteiger partial charge in [-0.05, 0) is 69.2 Å². The van der Waals surface area contributed by atoms with Gasteiger partial charge in [-0.1, -0.05) is 105 Å². The zero-order chi connectivity index (χ0) is 28.2. The van der Waals surface area contributed by atoms with Crippen molar-refractivity contribution in [2.45, 2.75) is 48.6 Å². The number of hydrogen-bond donors (Lipinski definition) is 0. The fourth-order valence-electron chi connectivity index (χ4n) is 8.37. The van der Waals surface area contributed by atoms with Crippen molar-refractivity contribution in [2.75, 3.05) is 9.80 Å². The minimum absolute atomic E-state index is 0.0545. The lowest BCUT2D eigenvalue weighted by atomic mass is 9.33. The smallest absolute Gasteiger partial charge is 0.252 e. The fourth-order valence-corrected chi connectivity index (χ4v) is 14.6. The average Bonchev–Trinajstić information content (AvgIpc) is 3.03. The molecule has 0 N–H and O–H groups in total. The standard InChI is InChI=1S/C36H30BFN2SSi/c1-3-5-20-42(4-2)32-18-9-7-15-27(32)40-29-22-23(38)21-28-34(29)37(25-13-11-19-33(42)36(25)40)24-12-10-17-31-35(24)39(28)26-14-6-8-16-30(26)41-31/h6-19,21-22H,3-5,20H2,1-2H3. The van der Waals surface area contributed by atoms with Crippen LogP contribution < -0.4 is 36.6 Å². The molecule has 2 nitrogen and oxygen atoms in total. The third-order valence-corrected chi connectivity index (χ3v) is 16.5. The maximum atomic E-state index is 16.0. The van der Waals surface area contributed by atoms with Gasteiger partial charge < -0.3 is 9.80 Å². The molecule has 0 aromatic heterocycles. The molecule has 0 saturated carbocycles. The minimum Gasteiger partial charge on any atom is -0.312 e. The Morgan fingerprint density at radius 3 is 2.12 bits per heavy atom. The monoisotopic (exact) mass is 580 g/mol. The molecule has 1 unspecified atom stereocenters. The Morgan fingerprint density at radius 1 is 0.690 bits per heavy atom. The van der Waals surface area contributed by atoms with E-state index in [-0.39, 0.29) is 12.5 Å². The molecule has 0 aliphatic carbocycles. The first kappa shape index (κ1) is 24.8. The molecule has 9 rings (SSSR count). The molecule has 42 heavy (non-hydrogen) atoms. The third-order valence-electron chi connectivity index (χ3n) is 10.1. The number of halogens is 1. The molecule has 0 saturated heterocycles. The first-order valence-corrected chi connectivity index (χ1v) is 18.5. The van der Waals surface area contributed by atoms with Gasteiger partial charge in [0.05, 0.1) is 11.4 Å². The van der Waals surface area contributed by atoms with Crippen molar-refractivity contribution >= 4 is 87.4 Å². The van der Waals surface area contributed by atoms with Crippen molar-refractivity contribution in [3.63, 3.8) is 0 Å². The Balaban J connectivity index is 1.41. The summed E-state index contributed by atoms with van der Waals surface area (Å²) in [6, 6.07) is 37.4. The van der Waals surface area contributed by atoms with Crippen molar-refractivity contribution in [1.82, 2.24) is 0 Å². The Kier molecular flexibility index (Phi) is 5.25. The highest BCUT2D eigenvalue weighted by Gasteiger charge is 2.51. The summed E-state index contributed by atoms with van der Waals surface area (Å²) in [5.41, 5.74) is 10.8. The van der Waals surface area contributed by atoms with Crippen LogP contribution in [0.25, 0.3) is 0 Å². The van der Waals surface area contributed by atoms with Crippen LogP contribution in [0.2, 0.25) is 12.1 Å². The van der Waals surface area contributed by atoms with Crippen molar-refractivity contribution in [3.05, 3.63) is 103 Å². The maximum Gasteiger partial charge on any atom is 0.252 e. The second-order valence-corrected chi connectivity index (χ2v) is 17.6. The van der Waals surface area contributed by atoms with E-state index in [1.807, 2.05) is 11.8 Å². The molecule has 204 valence electrons. The summed E-state index contributed by atoms with van der Waals surface area (Å²) in [5, 5.41) is 3.03. The van der Waals surface area contributed by atoms with E-state index in [0.29, 0.717) is 0 Å². The first-order chi connectivity index (χ1) is 20.7. The SMILES string of the molecule is CCCC[Si]1(CC)c2ccccc2N2c3cc(F)cc4c3B(c3cccc5c3N4c3ccccc3S5)c3cccc1c32. The third kappa shape index (κ3) is 3.02. The van der Waals surface area contributed by atoms with E-state index >= 15 is 4.39 Å². The van der Waals surface area contributed by atoms with Gasteiger partial charge in [0, 0.05) is 32.5 Å². The molecule has 4 heterocycles. The largest absolute Gasteiger partial charge is 0.312 e. The van der Waals surface area contributed by atoms with E-state index < -0.39 is 8.07 Å². The fraction of sp³-hybridized carbons (Fsp3) is 0.167. The Bertz CT molecular complexity index is 1960. The Hall–Kier alpha value is -3.74. The van der Waals surface area contributed by atoms with Crippen molar-refractivity contribution < 1.29 is 4.39 Å². The molecule has 0 amide bonds. The number of unbranched alkanes of at least 4 members (excludes halogenated alkanes) is 1. The zero-order valence-electron chi connectivity index (χ0n) is 23.8. The number of anilines is 6. The van der Waals surface area contributed by atoms with Gasteiger partial charge in [0.1, 0.15) is 13.9 Å². The number of benzene rings is 5. The first-order valence-electron chi connectivity index (χ1n) is 15.2. The van der Waals surface area contributed by atoms with Gasteiger partial charge in [-0.2, -0.15) is 0 Å². The summed E-state index contributed by atoms with van der Waals surface area (Å²) in [4.78, 5) is 7.21. The van der Waals surface area contributed by atoms with Gasteiger partial charge in [-0.15, -0.1) is 0 Å². The average molecular weight is 581 g/mol. The highest BCUT2D eigenvalue weighted by atomic mass is 32.2. The zero-order valence-corrected chi connectivity index (χ0v) is 25.6. The minimum atomic E-state index is -2.06. The van der Waals surface area contributed by atoms with E-state index in [0.717, 1.165) is 17.1 Å². The molecule has 0 bridgehead atoms. The molecule has 5 aromatic rings. The lowest BCUT2D eigenvalue weighted by Crippen LogP contribution is -2.69. The van der Waals surface area contributed by atoms with Crippen LogP contribution in [-0.4, -0.2) is 14.8 Å². The predicted octanol–water partition coefficient (Wildman–Crippen LogP) is 7.07. The molecule has 0 spiro atoms. The van der Waals surface area contributed by atoms with Gasteiger partial charge in [-0.3, -0.25) is 0 Å². The lowest BCUT2D eigenvalue weighted by Gasteiger charge is -2.51. The van der Waals surface area contributed by atoms with Crippen LogP contribution in [0, 0.1) is 5.82 Å². The highest BCUT2D eigenvalue weighted by molar-refractivity contribution is 7.99. The van der Waals surface area contributed by atoms with Crippen LogP contribution in [0.3, 0.4) is 0 Å². The molecular weight excluding hydrogens is 550 g/mol. The molecule has 4 aliphatic rings. The van der Waals surface area contributed by atoms with Gasteiger partial charge in [0.25, 0.3) is 6.71 Å². The van der Waals surface area contributed by atoms with Crippen LogP contribution in [-0.2, 0) is 0 Å². The predicted molar refractivity (Wildman–Crippen MR) is 180 cm³/mol. The topological polar surface area (TPSA) is 6.48 Å². The normalized spacial score (nSPS) is 18.1. The molecule has 0 fully saturated rings. The van der Waals surface area contributed by atoms with Crippen LogP contribution in [0.4, 0.5) is 38.5 Å². The Morgan fingerprint density at radius 2 is 1.33 bits per heavy atom. The number of nitrogens with zero attached hydrogens (tertiary/aromatic N) is 2. The van der Waals surface area contributed by atoms with Crippen molar-refractivity contribution in [2.24, 2.45) is 0 Å². The van der Waals surface area contributed by atoms with Crippen LogP contribution in [0.15, 0.2) is 107 Å². The second kappa shape index (κ2) is 8.88. The molecule has 5 aromatic carbocycles. The van der Waals surface area contributed by atoms with Crippen LogP contribution in [0.1, 0.15) is 26.7 Å². The van der Waals surface area contributed by atoms with Crippen LogP contribution in [0.5, 0.6) is 0 Å². The van der Waals surface area contributed by atoms with Crippen LogP contribution >= 0.6 is 11.8 Å². The number of rotatable bonds is 4. The summed E-state index contributed by atoms with van der Waals surface area (Å²) in [5.74, 6) is -0.187. The lowest BCUT2D eigenvalue weighted by molar-refractivity contribution is 0.628.